The lowest BCUT2D eigenvalue weighted by atomic mass is 10.3. The number of nitrogens with one attached hydrogen (secondary N) is 1. The van der Waals surface area contributed by atoms with Crippen molar-refractivity contribution in [1.82, 2.24) is 10.2 Å². The standard InChI is InChI=1S/C13H22N2OS/c1-11-9-15(6-3-7-16-11)10-13-5-4-12(17-13)8-14-2/h4-5,11,14H,3,6-10H2,1-2H3. The molecule has 0 aliphatic carbocycles. The van der Waals surface area contributed by atoms with Crippen LogP contribution < -0.4 is 5.32 Å². The Bertz CT molecular complexity index is 340. The van der Waals surface area contributed by atoms with E-state index in [1.54, 1.807) is 0 Å². The molecular weight excluding hydrogens is 232 g/mol. The molecule has 0 saturated carbocycles. The third-order valence-electron chi connectivity index (χ3n) is 2.98. The van der Waals surface area contributed by atoms with Crippen LogP contribution in [-0.4, -0.2) is 37.7 Å². The van der Waals surface area contributed by atoms with Gasteiger partial charge in [0, 0.05) is 42.5 Å². The highest BCUT2D eigenvalue weighted by Gasteiger charge is 2.15. The fourth-order valence-electron chi connectivity index (χ4n) is 2.22. The quantitative estimate of drug-likeness (QED) is 0.890. The Labute approximate surface area is 108 Å². The Balaban J connectivity index is 1.89. The van der Waals surface area contributed by atoms with Gasteiger partial charge < -0.3 is 10.1 Å². The van der Waals surface area contributed by atoms with Crippen LogP contribution in [0.5, 0.6) is 0 Å². The monoisotopic (exact) mass is 254 g/mol. The molecular formula is C13H22N2OS. The first kappa shape index (κ1) is 13.0. The number of ether oxygens (including phenoxy) is 1. The maximum absolute atomic E-state index is 5.67. The highest BCUT2D eigenvalue weighted by Crippen LogP contribution is 2.19. The zero-order valence-corrected chi connectivity index (χ0v) is 11.6. The van der Waals surface area contributed by atoms with Gasteiger partial charge in [0.15, 0.2) is 0 Å². The lowest BCUT2D eigenvalue weighted by molar-refractivity contribution is 0.0669. The topological polar surface area (TPSA) is 24.5 Å². The molecule has 1 aromatic rings. The fourth-order valence-corrected chi connectivity index (χ4v) is 3.29. The van der Waals surface area contributed by atoms with Crippen molar-refractivity contribution in [2.45, 2.75) is 32.5 Å². The Morgan fingerprint density at radius 1 is 1.47 bits per heavy atom. The SMILES string of the molecule is CNCc1ccc(CN2CCCOC(C)C2)s1. The van der Waals surface area contributed by atoms with Crippen LogP contribution in [0, 0.1) is 0 Å². The molecule has 1 aliphatic heterocycles. The number of thiophene rings is 1. The number of nitrogens with zero attached hydrogens (tertiary/aromatic N) is 1. The second-order valence-corrected chi connectivity index (χ2v) is 5.92. The van der Waals surface area contributed by atoms with Gasteiger partial charge in [-0.15, -0.1) is 11.3 Å². The third-order valence-corrected chi connectivity index (χ3v) is 4.05. The van der Waals surface area contributed by atoms with Gasteiger partial charge in [-0.1, -0.05) is 0 Å². The number of hydrogen-bond acceptors (Lipinski definition) is 4. The molecule has 1 atom stereocenters. The summed E-state index contributed by atoms with van der Waals surface area (Å²) in [5.74, 6) is 0. The first-order valence-electron chi connectivity index (χ1n) is 6.34. The first-order valence-corrected chi connectivity index (χ1v) is 7.15. The van der Waals surface area contributed by atoms with Crippen molar-refractivity contribution in [2.75, 3.05) is 26.7 Å². The van der Waals surface area contributed by atoms with Gasteiger partial charge in [0.1, 0.15) is 0 Å². The van der Waals surface area contributed by atoms with Crippen molar-refractivity contribution in [3.63, 3.8) is 0 Å². The fraction of sp³-hybridized carbons (Fsp3) is 0.692. The van der Waals surface area contributed by atoms with Gasteiger partial charge in [-0.3, -0.25) is 4.90 Å². The van der Waals surface area contributed by atoms with Crippen LogP contribution in [0.3, 0.4) is 0 Å². The normalized spacial score (nSPS) is 22.6. The zero-order chi connectivity index (χ0) is 12.1. The minimum atomic E-state index is 0.370. The Hall–Kier alpha value is -0.420. The van der Waals surface area contributed by atoms with Crippen molar-refractivity contribution < 1.29 is 4.74 Å². The van der Waals surface area contributed by atoms with E-state index in [9.17, 15) is 0 Å². The van der Waals surface area contributed by atoms with E-state index in [4.69, 9.17) is 4.74 Å². The van der Waals surface area contributed by atoms with Crippen LogP contribution >= 0.6 is 11.3 Å². The molecule has 0 spiro atoms. The van der Waals surface area contributed by atoms with Crippen LogP contribution in [0.25, 0.3) is 0 Å². The molecule has 2 heterocycles. The highest BCUT2D eigenvalue weighted by atomic mass is 32.1. The van der Waals surface area contributed by atoms with Crippen molar-refractivity contribution >= 4 is 11.3 Å². The summed E-state index contributed by atoms with van der Waals surface area (Å²) in [5, 5.41) is 3.19. The molecule has 96 valence electrons. The van der Waals surface area contributed by atoms with E-state index in [0.717, 1.165) is 39.2 Å². The van der Waals surface area contributed by atoms with Crippen molar-refractivity contribution in [3.8, 4) is 0 Å². The Morgan fingerprint density at radius 2 is 2.29 bits per heavy atom. The van der Waals surface area contributed by atoms with Gasteiger partial charge in [-0.2, -0.15) is 0 Å². The Kier molecular flexibility index (Phi) is 4.98. The lowest BCUT2D eigenvalue weighted by Gasteiger charge is -2.20. The predicted molar refractivity (Wildman–Crippen MR) is 72.4 cm³/mol. The Morgan fingerprint density at radius 3 is 3.12 bits per heavy atom. The van der Waals surface area contributed by atoms with Gasteiger partial charge in [-0.25, -0.2) is 0 Å². The molecule has 3 nitrogen and oxygen atoms in total. The van der Waals surface area contributed by atoms with Crippen LogP contribution in [0.4, 0.5) is 0 Å². The molecule has 1 aliphatic rings. The van der Waals surface area contributed by atoms with Gasteiger partial charge >= 0.3 is 0 Å². The summed E-state index contributed by atoms with van der Waals surface area (Å²) >= 11 is 1.91. The summed E-state index contributed by atoms with van der Waals surface area (Å²) in [5.41, 5.74) is 0. The molecule has 2 rings (SSSR count). The average molecular weight is 254 g/mol. The minimum absolute atomic E-state index is 0.370. The van der Waals surface area contributed by atoms with E-state index in [-0.39, 0.29) is 0 Å². The molecule has 1 unspecified atom stereocenters. The van der Waals surface area contributed by atoms with Gasteiger partial charge in [-0.05, 0) is 32.5 Å². The van der Waals surface area contributed by atoms with E-state index in [1.165, 1.54) is 9.75 Å². The molecule has 17 heavy (non-hydrogen) atoms. The molecule has 0 radical (unpaired) electrons. The molecule has 4 heteroatoms. The van der Waals surface area contributed by atoms with Gasteiger partial charge in [0.2, 0.25) is 0 Å². The van der Waals surface area contributed by atoms with E-state index in [2.05, 4.69) is 29.3 Å². The average Bonchev–Trinajstić information content (AvgIpc) is 2.62. The van der Waals surface area contributed by atoms with Gasteiger partial charge in [0.05, 0.1) is 6.10 Å². The largest absolute Gasteiger partial charge is 0.377 e. The minimum Gasteiger partial charge on any atom is -0.377 e. The molecule has 1 N–H and O–H groups in total. The van der Waals surface area contributed by atoms with Crippen LogP contribution in [-0.2, 0) is 17.8 Å². The van der Waals surface area contributed by atoms with E-state index in [1.807, 2.05) is 18.4 Å². The lowest BCUT2D eigenvalue weighted by Crippen LogP contribution is -2.29. The molecule has 0 amide bonds. The predicted octanol–water partition coefficient (Wildman–Crippen LogP) is 2.08. The van der Waals surface area contributed by atoms with E-state index < -0.39 is 0 Å². The summed E-state index contributed by atoms with van der Waals surface area (Å²) in [4.78, 5) is 5.39. The second kappa shape index (κ2) is 6.50. The smallest absolute Gasteiger partial charge is 0.0674 e. The summed E-state index contributed by atoms with van der Waals surface area (Å²) in [7, 11) is 1.99. The van der Waals surface area contributed by atoms with Crippen LogP contribution in [0.1, 0.15) is 23.1 Å². The summed E-state index contributed by atoms with van der Waals surface area (Å²) in [6, 6.07) is 4.49. The highest BCUT2D eigenvalue weighted by molar-refractivity contribution is 7.11. The molecule has 0 bridgehead atoms. The van der Waals surface area contributed by atoms with Crippen molar-refractivity contribution in [2.24, 2.45) is 0 Å². The second-order valence-electron chi connectivity index (χ2n) is 4.67. The molecule has 1 saturated heterocycles. The molecule has 1 aromatic heterocycles. The first-order chi connectivity index (χ1) is 8.28. The summed E-state index contributed by atoms with van der Waals surface area (Å²) in [6.07, 6.45) is 1.52. The maximum atomic E-state index is 5.67. The van der Waals surface area contributed by atoms with E-state index in [0.29, 0.717) is 6.10 Å². The van der Waals surface area contributed by atoms with Crippen LogP contribution in [0.2, 0.25) is 0 Å². The van der Waals surface area contributed by atoms with Gasteiger partial charge in [0.25, 0.3) is 0 Å². The number of rotatable bonds is 4. The van der Waals surface area contributed by atoms with E-state index >= 15 is 0 Å². The van der Waals surface area contributed by atoms with Crippen LogP contribution in [0.15, 0.2) is 12.1 Å². The summed E-state index contributed by atoms with van der Waals surface area (Å²) < 4.78 is 5.67. The van der Waals surface area contributed by atoms with Crippen molar-refractivity contribution in [3.05, 3.63) is 21.9 Å². The molecule has 0 aromatic carbocycles. The third kappa shape index (κ3) is 4.07. The summed E-state index contributed by atoms with van der Waals surface area (Å²) in [6.45, 7) is 7.33. The maximum Gasteiger partial charge on any atom is 0.0674 e. The van der Waals surface area contributed by atoms with Crippen molar-refractivity contribution in [1.29, 1.82) is 0 Å². The molecule has 1 fully saturated rings. The number of hydrogen-bond donors (Lipinski definition) is 1. The zero-order valence-electron chi connectivity index (χ0n) is 10.7.